The molecule has 1 saturated heterocycles. The van der Waals surface area contributed by atoms with Crippen molar-refractivity contribution < 1.29 is 0 Å². The third kappa shape index (κ3) is 2.72. The molecule has 4 heterocycles. The zero-order chi connectivity index (χ0) is 15.8. The first-order valence-corrected chi connectivity index (χ1v) is 7.59. The molecule has 0 saturated carbocycles. The van der Waals surface area contributed by atoms with Crippen molar-refractivity contribution in [1.29, 1.82) is 0 Å². The summed E-state index contributed by atoms with van der Waals surface area (Å²) in [5.41, 5.74) is 2.71. The van der Waals surface area contributed by atoms with Gasteiger partial charge in [0.25, 0.3) is 0 Å². The topological polar surface area (TPSA) is 75.3 Å². The molecule has 1 aliphatic heterocycles. The minimum absolute atomic E-state index is 0.497. The third-order valence-electron chi connectivity index (χ3n) is 4.20. The third-order valence-corrected chi connectivity index (χ3v) is 4.20. The lowest BCUT2D eigenvalue weighted by Crippen LogP contribution is -2.58. The zero-order valence-corrected chi connectivity index (χ0v) is 13.2. The Kier molecular flexibility index (Phi) is 3.38. The fourth-order valence-corrected chi connectivity index (χ4v) is 2.69. The van der Waals surface area contributed by atoms with E-state index in [4.69, 9.17) is 0 Å². The van der Waals surface area contributed by atoms with Crippen LogP contribution in [0.25, 0.3) is 5.65 Å². The Balaban J connectivity index is 1.37. The molecule has 0 bridgehead atoms. The van der Waals surface area contributed by atoms with Crippen molar-refractivity contribution in [2.75, 3.05) is 25.0 Å². The van der Waals surface area contributed by atoms with Gasteiger partial charge in [-0.3, -0.25) is 14.9 Å². The van der Waals surface area contributed by atoms with E-state index in [0.29, 0.717) is 6.04 Å². The number of anilines is 1. The second-order valence-corrected chi connectivity index (χ2v) is 5.95. The molecule has 0 radical (unpaired) electrons. The van der Waals surface area contributed by atoms with E-state index in [1.165, 1.54) is 0 Å². The van der Waals surface area contributed by atoms with Gasteiger partial charge in [-0.25, -0.2) is 0 Å². The number of rotatable bonds is 4. The van der Waals surface area contributed by atoms with Gasteiger partial charge in [-0.2, -0.15) is 4.52 Å². The van der Waals surface area contributed by atoms with Crippen molar-refractivity contribution in [3.63, 3.8) is 0 Å². The molecule has 3 aromatic rings. The second kappa shape index (κ2) is 5.54. The van der Waals surface area contributed by atoms with Crippen molar-refractivity contribution in [3.8, 4) is 0 Å². The maximum atomic E-state index is 4.52. The van der Waals surface area contributed by atoms with Crippen LogP contribution in [0.4, 0.5) is 5.82 Å². The van der Waals surface area contributed by atoms with Crippen molar-refractivity contribution in [3.05, 3.63) is 42.2 Å². The Labute approximate surface area is 133 Å². The van der Waals surface area contributed by atoms with Crippen molar-refractivity contribution in [1.82, 2.24) is 34.7 Å². The van der Waals surface area contributed by atoms with Gasteiger partial charge < -0.3 is 4.90 Å². The predicted molar refractivity (Wildman–Crippen MR) is 85.0 cm³/mol. The van der Waals surface area contributed by atoms with Crippen LogP contribution in [0.5, 0.6) is 0 Å². The summed E-state index contributed by atoms with van der Waals surface area (Å²) in [5, 5.41) is 12.3. The zero-order valence-electron chi connectivity index (χ0n) is 13.2. The van der Waals surface area contributed by atoms with Crippen LogP contribution in [0.3, 0.4) is 0 Å². The highest BCUT2D eigenvalue weighted by Crippen LogP contribution is 2.22. The molecule has 1 aliphatic rings. The van der Waals surface area contributed by atoms with E-state index >= 15 is 0 Å². The lowest BCUT2D eigenvalue weighted by Gasteiger charge is -2.44. The van der Waals surface area contributed by atoms with Gasteiger partial charge in [0.1, 0.15) is 12.1 Å². The minimum atomic E-state index is 0.497. The van der Waals surface area contributed by atoms with Gasteiger partial charge in [-0.1, -0.05) is 0 Å². The van der Waals surface area contributed by atoms with E-state index in [1.807, 2.05) is 31.5 Å². The molecule has 4 rings (SSSR count). The molecule has 23 heavy (non-hydrogen) atoms. The van der Waals surface area contributed by atoms with Crippen LogP contribution in [0.1, 0.15) is 11.4 Å². The first-order valence-electron chi connectivity index (χ1n) is 7.59. The average Bonchev–Trinajstić information content (AvgIpc) is 2.96. The lowest BCUT2D eigenvalue weighted by molar-refractivity contribution is 0.194. The number of aryl methyl sites for hydroxylation is 1. The van der Waals surface area contributed by atoms with Crippen LogP contribution in [-0.2, 0) is 6.54 Å². The molecule has 118 valence electrons. The Hall–Kier alpha value is -2.61. The number of hydrogen-bond acceptors (Lipinski definition) is 7. The monoisotopic (exact) mass is 310 g/mol. The average molecular weight is 310 g/mol. The molecule has 0 unspecified atom stereocenters. The summed E-state index contributed by atoms with van der Waals surface area (Å²) in [6, 6.07) is 4.43. The van der Waals surface area contributed by atoms with E-state index in [9.17, 15) is 0 Å². The molecule has 8 heteroatoms. The standard InChI is InChI=1S/C15H18N8/c1-11-5-17-12(6-16-11)7-21(2)13-8-22(9-13)15-4-3-14-19-18-10-23(14)20-15/h3-6,10,13H,7-9H2,1-2H3. The molecule has 1 fully saturated rings. The van der Waals surface area contributed by atoms with Crippen LogP contribution in [0, 0.1) is 6.92 Å². The number of fused-ring (bicyclic) bond motifs is 1. The SMILES string of the molecule is Cc1cnc(CN(C)C2CN(c3ccc4nncn4n3)C2)cn1. The Morgan fingerprint density at radius 1 is 1.22 bits per heavy atom. The van der Waals surface area contributed by atoms with Crippen LogP contribution in [0.2, 0.25) is 0 Å². The van der Waals surface area contributed by atoms with Crippen LogP contribution in [-0.4, -0.2) is 60.9 Å². The molecule has 0 atom stereocenters. The summed E-state index contributed by atoms with van der Waals surface area (Å²) >= 11 is 0. The number of nitrogens with zero attached hydrogens (tertiary/aromatic N) is 8. The highest BCUT2D eigenvalue weighted by atomic mass is 15.4. The Morgan fingerprint density at radius 3 is 2.87 bits per heavy atom. The van der Waals surface area contributed by atoms with Gasteiger partial charge in [0.05, 0.1) is 11.4 Å². The first-order chi connectivity index (χ1) is 11.2. The van der Waals surface area contributed by atoms with E-state index in [0.717, 1.165) is 42.5 Å². The smallest absolute Gasteiger partial charge is 0.177 e. The van der Waals surface area contributed by atoms with Gasteiger partial charge in [0.15, 0.2) is 5.65 Å². The molecular formula is C15H18N8. The summed E-state index contributed by atoms with van der Waals surface area (Å²) in [4.78, 5) is 13.3. The number of hydrogen-bond donors (Lipinski definition) is 0. The quantitative estimate of drug-likeness (QED) is 0.696. The van der Waals surface area contributed by atoms with Gasteiger partial charge in [0, 0.05) is 38.1 Å². The van der Waals surface area contributed by atoms with E-state index in [1.54, 1.807) is 10.8 Å². The first kappa shape index (κ1) is 14.0. The molecule has 0 spiro atoms. The van der Waals surface area contributed by atoms with Crippen LogP contribution in [0.15, 0.2) is 30.9 Å². The Morgan fingerprint density at radius 2 is 2.09 bits per heavy atom. The Bertz CT molecular complexity index is 806. The molecule has 0 N–H and O–H groups in total. The normalized spacial score (nSPS) is 15.3. The van der Waals surface area contributed by atoms with E-state index < -0.39 is 0 Å². The molecule has 8 nitrogen and oxygen atoms in total. The molecule has 0 aromatic carbocycles. The summed E-state index contributed by atoms with van der Waals surface area (Å²) in [6.45, 7) is 4.67. The highest BCUT2D eigenvalue weighted by Gasteiger charge is 2.31. The summed E-state index contributed by atoms with van der Waals surface area (Å²) < 4.78 is 1.70. The van der Waals surface area contributed by atoms with E-state index in [-0.39, 0.29) is 0 Å². The summed E-state index contributed by atoms with van der Waals surface area (Å²) in [6.07, 6.45) is 5.29. The van der Waals surface area contributed by atoms with Crippen LogP contribution >= 0.6 is 0 Å². The largest absolute Gasteiger partial charge is 0.352 e. The maximum absolute atomic E-state index is 4.52. The summed E-state index contributed by atoms with van der Waals surface area (Å²) in [5.74, 6) is 0.956. The lowest BCUT2D eigenvalue weighted by atomic mass is 10.1. The van der Waals surface area contributed by atoms with Crippen molar-refractivity contribution in [2.24, 2.45) is 0 Å². The number of aromatic nitrogens is 6. The highest BCUT2D eigenvalue weighted by molar-refractivity contribution is 5.47. The van der Waals surface area contributed by atoms with Gasteiger partial charge in [0.2, 0.25) is 0 Å². The molecular weight excluding hydrogens is 292 g/mol. The molecule has 0 aliphatic carbocycles. The van der Waals surface area contributed by atoms with Crippen molar-refractivity contribution >= 4 is 11.5 Å². The van der Waals surface area contributed by atoms with Crippen molar-refractivity contribution in [2.45, 2.75) is 19.5 Å². The van der Waals surface area contributed by atoms with Gasteiger partial charge >= 0.3 is 0 Å². The molecule has 0 amide bonds. The minimum Gasteiger partial charge on any atom is -0.352 e. The van der Waals surface area contributed by atoms with Crippen LogP contribution < -0.4 is 4.90 Å². The predicted octanol–water partition coefficient (Wildman–Crippen LogP) is 0.543. The van der Waals surface area contributed by atoms with Gasteiger partial charge in [-0.05, 0) is 26.1 Å². The fourth-order valence-electron chi connectivity index (χ4n) is 2.69. The second-order valence-electron chi connectivity index (χ2n) is 5.95. The fraction of sp³-hybridized carbons (Fsp3) is 0.400. The summed E-state index contributed by atoms with van der Waals surface area (Å²) in [7, 11) is 2.12. The molecule has 3 aromatic heterocycles. The number of likely N-dealkylation sites (N-methyl/N-ethyl adjacent to an activating group) is 1. The van der Waals surface area contributed by atoms with Gasteiger partial charge in [-0.15, -0.1) is 15.3 Å². The maximum Gasteiger partial charge on any atom is 0.177 e. The van der Waals surface area contributed by atoms with E-state index in [2.05, 4.69) is 42.1 Å².